The molecule has 2 rings (SSSR count). The van der Waals surface area contributed by atoms with Crippen LogP contribution in [0.2, 0.25) is 0 Å². The third-order valence-electron chi connectivity index (χ3n) is 4.61. The molecule has 0 amide bonds. The minimum Gasteiger partial charge on any atom is -0.467 e. The number of esters is 1. The van der Waals surface area contributed by atoms with Crippen molar-refractivity contribution in [3.05, 3.63) is 10.1 Å². The van der Waals surface area contributed by atoms with Crippen molar-refractivity contribution in [2.75, 3.05) is 20.3 Å². The van der Waals surface area contributed by atoms with Crippen LogP contribution in [0.4, 0.5) is 0 Å². The fourth-order valence-corrected chi connectivity index (χ4v) is 3.07. The largest absolute Gasteiger partial charge is 0.467 e. The summed E-state index contributed by atoms with van der Waals surface area (Å²) in [6.07, 6.45) is 0.389. The normalized spacial score (nSPS) is 25.5. The van der Waals surface area contributed by atoms with Crippen molar-refractivity contribution in [2.24, 2.45) is 0 Å². The SMILES string of the molecule is COC(=O)[C@H](O)[C@@H](O)CC1([N+](=O)[O-])COC2(CCCCC2)OC1. The second-order valence-corrected chi connectivity index (χ2v) is 6.27. The topological polar surface area (TPSA) is 128 Å². The van der Waals surface area contributed by atoms with Gasteiger partial charge in [0.1, 0.15) is 13.2 Å². The summed E-state index contributed by atoms with van der Waals surface area (Å²) < 4.78 is 15.7. The zero-order chi connectivity index (χ0) is 17.1. The number of carbonyl (C=O) groups is 1. The lowest BCUT2D eigenvalue weighted by atomic mass is 9.88. The Bertz CT molecular complexity index is 438. The Morgan fingerprint density at radius 2 is 1.83 bits per heavy atom. The van der Waals surface area contributed by atoms with E-state index in [4.69, 9.17) is 9.47 Å². The fourth-order valence-electron chi connectivity index (χ4n) is 3.07. The van der Waals surface area contributed by atoms with Crippen LogP contribution in [0.1, 0.15) is 38.5 Å². The number of aliphatic hydroxyl groups excluding tert-OH is 2. The summed E-state index contributed by atoms with van der Waals surface area (Å²) >= 11 is 0. The maximum Gasteiger partial charge on any atom is 0.337 e. The first-order valence-corrected chi connectivity index (χ1v) is 7.71. The summed E-state index contributed by atoms with van der Waals surface area (Å²) in [7, 11) is 1.06. The molecular weight excluding hydrogens is 310 g/mol. The average Bonchev–Trinajstić information content (AvgIpc) is 2.56. The van der Waals surface area contributed by atoms with Crippen LogP contribution in [0.5, 0.6) is 0 Å². The van der Waals surface area contributed by atoms with Gasteiger partial charge < -0.3 is 24.4 Å². The van der Waals surface area contributed by atoms with Crippen LogP contribution in [0.25, 0.3) is 0 Å². The standard InChI is InChI=1S/C14H23NO8/c1-21-12(18)11(17)10(16)7-13(15(19)20)8-22-14(23-9-13)5-3-2-4-6-14/h10-11,16-17H,2-9H2,1H3/t10-,11+/m0/s1. The molecule has 2 aliphatic rings. The first kappa shape index (κ1) is 18.1. The zero-order valence-electron chi connectivity index (χ0n) is 13.1. The number of nitrogens with zero attached hydrogens (tertiary/aromatic N) is 1. The van der Waals surface area contributed by atoms with Gasteiger partial charge in [-0.25, -0.2) is 4.79 Å². The molecule has 0 bridgehead atoms. The lowest BCUT2D eigenvalue weighted by Gasteiger charge is -2.44. The summed E-state index contributed by atoms with van der Waals surface area (Å²) in [6.45, 7) is -0.462. The average molecular weight is 333 g/mol. The van der Waals surface area contributed by atoms with E-state index in [1.807, 2.05) is 0 Å². The number of rotatable bonds is 5. The number of nitro groups is 1. The van der Waals surface area contributed by atoms with E-state index in [1.54, 1.807) is 0 Å². The molecule has 0 aromatic heterocycles. The van der Waals surface area contributed by atoms with Crippen LogP contribution in [-0.4, -0.2) is 65.0 Å². The van der Waals surface area contributed by atoms with Crippen LogP contribution < -0.4 is 0 Å². The Morgan fingerprint density at radius 1 is 1.26 bits per heavy atom. The Labute approximate surface area is 133 Å². The maximum atomic E-state index is 11.5. The van der Waals surface area contributed by atoms with E-state index in [0.717, 1.165) is 26.4 Å². The number of aliphatic hydroxyl groups is 2. The van der Waals surface area contributed by atoms with Crippen LogP contribution >= 0.6 is 0 Å². The molecule has 9 heteroatoms. The quantitative estimate of drug-likeness (QED) is 0.408. The van der Waals surface area contributed by atoms with Gasteiger partial charge in [0.05, 0.1) is 19.6 Å². The van der Waals surface area contributed by atoms with Crippen molar-refractivity contribution in [1.82, 2.24) is 0 Å². The third kappa shape index (κ3) is 3.79. The number of hydrogen-bond donors (Lipinski definition) is 2. The second-order valence-electron chi connectivity index (χ2n) is 6.27. The molecule has 2 atom stereocenters. The molecule has 1 aliphatic heterocycles. The molecule has 2 N–H and O–H groups in total. The molecule has 0 aromatic rings. The van der Waals surface area contributed by atoms with Crippen molar-refractivity contribution in [3.8, 4) is 0 Å². The van der Waals surface area contributed by atoms with Crippen molar-refractivity contribution in [2.45, 2.75) is 62.1 Å². The van der Waals surface area contributed by atoms with Gasteiger partial charge in [0.25, 0.3) is 5.54 Å². The molecule has 1 heterocycles. The minimum absolute atomic E-state index is 0.231. The third-order valence-corrected chi connectivity index (χ3v) is 4.61. The number of methoxy groups -OCH3 is 1. The van der Waals surface area contributed by atoms with E-state index in [-0.39, 0.29) is 13.2 Å². The fraction of sp³-hybridized carbons (Fsp3) is 0.929. The molecule has 1 spiro atoms. The van der Waals surface area contributed by atoms with Crippen molar-refractivity contribution < 1.29 is 34.1 Å². The molecule has 23 heavy (non-hydrogen) atoms. The lowest BCUT2D eigenvalue weighted by molar-refractivity contribution is -0.600. The smallest absolute Gasteiger partial charge is 0.337 e. The molecule has 1 saturated heterocycles. The predicted molar refractivity (Wildman–Crippen MR) is 76.1 cm³/mol. The van der Waals surface area contributed by atoms with Crippen LogP contribution in [0.15, 0.2) is 0 Å². The van der Waals surface area contributed by atoms with Gasteiger partial charge in [-0.1, -0.05) is 6.42 Å². The Morgan fingerprint density at radius 3 is 2.30 bits per heavy atom. The predicted octanol–water partition coefficient (Wildman–Crippen LogP) is -0.00600. The molecule has 1 saturated carbocycles. The number of ether oxygens (including phenoxy) is 3. The molecule has 9 nitrogen and oxygen atoms in total. The highest BCUT2D eigenvalue weighted by Crippen LogP contribution is 2.39. The number of carbonyl (C=O) groups excluding carboxylic acids is 1. The van der Waals surface area contributed by atoms with E-state index < -0.39 is 40.8 Å². The Kier molecular flexibility index (Phi) is 5.56. The first-order valence-electron chi connectivity index (χ1n) is 7.71. The summed E-state index contributed by atoms with van der Waals surface area (Å²) in [5.74, 6) is -1.82. The van der Waals surface area contributed by atoms with Gasteiger partial charge in [-0.2, -0.15) is 0 Å². The van der Waals surface area contributed by atoms with Crippen molar-refractivity contribution >= 4 is 5.97 Å². The van der Waals surface area contributed by atoms with Crippen molar-refractivity contribution in [3.63, 3.8) is 0 Å². The minimum atomic E-state index is -1.85. The summed E-state index contributed by atoms with van der Waals surface area (Å²) in [5, 5.41) is 31.0. The van der Waals surface area contributed by atoms with E-state index >= 15 is 0 Å². The van der Waals surface area contributed by atoms with Gasteiger partial charge >= 0.3 is 5.97 Å². The van der Waals surface area contributed by atoms with Crippen LogP contribution in [0.3, 0.4) is 0 Å². The molecule has 0 radical (unpaired) electrons. The lowest BCUT2D eigenvalue weighted by Crippen LogP contribution is -2.60. The van der Waals surface area contributed by atoms with E-state index in [2.05, 4.69) is 4.74 Å². The molecule has 1 aliphatic carbocycles. The second kappa shape index (κ2) is 7.08. The van der Waals surface area contributed by atoms with Gasteiger partial charge in [0.15, 0.2) is 11.9 Å². The molecule has 0 aromatic carbocycles. The van der Waals surface area contributed by atoms with Gasteiger partial charge in [-0.15, -0.1) is 0 Å². The van der Waals surface area contributed by atoms with Gasteiger partial charge in [0.2, 0.25) is 0 Å². The summed E-state index contributed by atoms with van der Waals surface area (Å²) in [5.41, 5.74) is -1.70. The van der Waals surface area contributed by atoms with Crippen LogP contribution in [-0.2, 0) is 19.0 Å². The molecule has 0 unspecified atom stereocenters. The Balaban J connectivity index is 2.04. The highest BCUT2D eigenvalue weighted by molar-refractivity contribution is 5.74. The monoisotopic (exact) mass is 333 g/mol. The molecular formula is C14H23NO8. The van der Waals surface area contributed by atoms with E-state index in [1.165, 1.54) is 0 Å². The number of hydrogen-bond acceptors (Lipinski definition) is 8. The van der Waals surface area contributed by atoms with Crippen molar-refractivity contribution in [1.29, 1.82) is 0 Å². The maximum absolute atomic E-state index is 11.5. The first-order chi connectivity index (χ1) is 10.8. The summed E-state index contributed by atoms with van der Waals surface area (Å²) in [6, 6.07) is 0. The molecule has 2 fully saturated rings. The molecule has 132 valence electrons. The summed E-state index contributed by atoms with van der Waals surface area (Å²) in [4.78, 5) is 22.2. The van der Waals surface area contributed by atoms with Gasteiger partial charge in [0, 0.05) is 17.8 Å². The van der Waals surface area contributed by atoms with Crippen LogP contribution in [0, 0.1) is 10.1 Å². The van der Waals surface area contributed by atoms with Gasteiger partial charge in [-0.3, -0.25) is 10.1 Å². The van der Waals surface area contributed by atoms with E-state index in [9.17, 15) is 25.1 Å². The highest BCUT2D eigenvalue weighted by atomic mass is 16.7. The highest BCUT2D eigenvalue weighted by Gasteiger charge is 2.54. The van der Waals surface area contributed by atoms with E-state index in [0.29, 0.717) is 12.8 Å². The van der Waals surface area contributed by atoms with Gasteiger partial charge in [-0.05, 0) is 12.8 Å². The Hall–Kier alpha value is -1.29. The zero-order valence-corrected chi connectivity index (χ0v) is 13.1.